The van der Waals surface area contributed by atoms with Crippen LogP contribution in [-0.2, 0) is 17.0 Å². The molecule has 0 radical (unpaired) electrons. The van der Waals surface area contributed by atoms with Crippen LogP contribution in [0.5, 0.6) is 5.75 Å². The van der Waals surface area contributed by atoms with Crippen LogP contribution in [0.25, 0.3) is 0 Å². The van der Waals surface area contributed by atoms with Gasteiger partial charge in [-0.15, -0.1) is 0 Å². The maximum absolute atomic E-state index is 10.4. The van der Waals surface area contributed by atoms with Gasteiger partial charge in [-0.2, -0.15) is 8.42 Å². The maximum Gasteiger partial charge on any atom is 0.446 e. The lowest BCUT2D eigenvalue weighted by Crippen LogP contribution is -2.08. The molecule has 0 saturated heterocycles. The summed E-state index contributed by atoms with van der Waals surface area (Å²) >= 11 is 0. The molecular formula is C7H9NO5S. The van der Waals surface area contributed by atoms with Crippen LogP contribution in [-0.4, -0.2) is 18.1 Å². The molecule has 0 atom stereocenters. The summed E-state index contributed by atoms with van der Waals surface area (Å²) in [5.74, 6) is -0.149. The summed E-state index contributed by atoms with van der Waals surface area (Å²) in [6.07, 6.45) is 0. The highest BCUT2D eigenvalue weighted by Gasteiger charge is 2.11. The molecule has 0 unspecified atom stereocenters. The van der Waals surface area contributed by atoms with Crippen molar-refractivity contribution < 1.29 is 22.3 Å². The lowest BCUT2D eigenvalue weighted by Gasteiger charge is -2.06. The molecule has 0 aliphatic rings. The van der Waals surface area contributed by atoms with Crippen molar-refractivity contribution in [3.8, 4) is 5.75 Å². The summed E-state index contributed by atoms with van der Waals surface area (Å²) in [6.45, 7) is -0.435. The van der Waals surface area contributed by atoms with E-state index in [1.165, 1.54) is 18.2 Å². The summed E-state index contributed by atoms with van der Waals surface area (Å²) in [5, 5.41) is 8.83. The fraction of sp³-hybridized carbons (Fsp3) is 0.143. The average Bonchev–Trinajstić information content (AvgIpc) is 2.06. The average molecular weight is 219 g/mol. The molecule has 0 fully saturated rings. The second-order valence-corrected chi connectivity index (χ2v) is 3.56. The molecule has 0 spiro atoms. The Labute approximate surface area is 80.9 Å². The topological polar surface area (TPSA) is 110 Å². The van der Waals surface area contributed by atoms with Crippen LogP contribution < -0.4 is 9.92 Å². The second-order valence-electron chi connectivity index (χ2n) is 2.54. The number of hydrogen-bond donors (Lipinski definition) is 3. The fourth-order valence-electron chi connectivity index (χ4n) is 0.918. The van der Waals surface area contributed by atoms with Crippen LogP contribution in [0.3, 0.4) is 0 Å². The third-order valence-corrected chi connectivity index (χ3v) is 1.84. The number of nitrogens with two attached hydrogens (primary N) is 1. The molecule has 0 amide bonds. The largest absolute Gasteiger partial charge is 0.446 e. The Kier molecular flexibility index (Phi) is 2.94. The molecule has 0 saturated carbocycles. The minimum absolute atomic E-state index is 0.149. The van der Waals surface area contributed by atoms with Crippen molar-refractivity contribution in [1.82, 2.24) is 0 Å². The van der Waals surface area contributed by atoms with Crippen molar-refractivity contribution in [3.63, 3.8) is 0 Å². The van der Waals surface area contributed by atoms with Gasteiger partial charge < -0.3 is 15.0 Å². The molecule has 7 heteroatoms. The first-order valence-electron chi connectivity index (χ1n) is 3.58. The summed E-state index contributed by atoms with van der Waals surface area (Å²) in [4.78, 5) is 0. The van der Waals surface area contributed by atoms with Gasteiger partial charge in [0.2, 0.25) is 0 Å². The van der Waals surface area contributed by atoms with Crippen LogP contribution in [0, 0.1) is 0 Å². The number of aliphatic hydroxyl groups is 1. The van der Waals surface area contributed by atoms with E-state index in [1.807, 2.05) is 0 Å². The number of nitrogen functional groups attached to an aromatic ring is 1. The van der Waals surface area contributed by atoms with E-state index in [4.69, 9.17) is 15.4 Å². The van der Waals surface area contributed by atoms with E-state index in [1.54, 1.807) is 0 Å². The number of aliphatic hydroxyl groups excluding tert-OH is 1. The summed E-state index contributed by atoms with van der Waals surface area (Å²) in [6, 6.07) is 3.98. The Morgan fingerprint density at radius 2 is 2.07 bits per heavy atom. The van der Waals surface area contributed by atoms with Crippen molar-refractivity contribution in [2.24, 2.45) is 0 Å². The smallest absolute Gasteiger partial charge is 0.399 e. The third-order valence-electron chi connectivity index (χ3n) is 1.45. The minimum atomic E-state index is -4.57. The van der Waals surface area contributed by atoms with Crippen LogP contribution in [0.4, 0.5) is 5.69 Å². The predicted octanol–water partition coefficient (Wildman–Crippen LogP) is -0.0573. The monoisotopic (exact) mass is 219 g/mol. The maximum atomic E-state index is 10.4. The molecular weight excluding hydrogens is 210 g/mol. The van der Waals surface area contributed by atoms with Gasteiger partial charge in [0.1, 0.15) is 0 Å². The lowest BCUT2D eigenvalue weighted by molar-refractivity contribution is 0.277. The molecule has 0 aliphatic heterocycles. The second kappa shape index (κ2) is 3.82. The molecule has 0 heterocycles. The minimum Gasteiger partial charge on any atom is -0.399 e. The van der Waals surface area contributed by atoms with Gasteiger partial charge in [-0.05, 0) is 18.2 Å². The molecule has 1 aromatic rings. The molecule has 78 valence electrons. The van der Waals surface area contributed by atoms with Gasteiger partial charge in [-0.1, -0.05) is 0 Å². The van der Waals surface area contributed by atoms with Crippen LogP contribution in [0.2, 0.25) is 0 Å². The molecule has 0 aliphatic carbocycles. The van der Waals surface area contributed by atoms with Crippen molar-refractivity contribution in [2.75, 3.05) is 5.73 Å². The fourth-order valence-corrected chi connectivity index (χ4v) is 1.31. The Hall–Kier alpha value is -1.31. The molecule has 0 aromatic heterocycles. The van der Waals surface area contributed by atoms with Crippen LogP contribution in [0.1, 0.15) is 5.56 Å². The van der Waals surface area contributed by atoms with Gasteiger partial charge >= 0.3 is 10.4 Å². The molecule has 14 heavy (non-hydrogen) atoms. The highest BCUT2D eigenvalue weighted by atomic mass is 32.3. The summed E-state index contributed by atoms with van der Waals surface area (Å²) < 4.78 is 33.3. The zero-order chi connectivity index (χ0) is 10.8. The number of anilines is 1. The molecule has 1 aromatic carbocycles. The lowest BCUT2D eigenvalue weighted by atomic mass is 10.2. The van der Waals surface area contributed by atoms with Crippen LogP contribution >= 0.6 is 0 Å². The normalized spacial score (nSPS) is 11.3. The van der Waals surface area contributed by atoms with E-state index in [-0.39, 0.29) is 11.3 Å². The Bertz CT molecular complexity index is 428. The first-order valence-corrected chi connectivity index (χ1v) is 4.95. The SMILES string of the molecule is Nc1ccc(OS(=O)(=O)O)c(CO)c1. The first kappa shape index (κ1) is 10.8. The van der Waals surface area contributed by atoms with Crippen molar-refractivity contribution >= 4 is 16.1 Å². The zero-order valence-electron chi connectivity index (χ0n) is 7.04. The van der Waals surface area contributed by atoms with Gasteiger partial charge in [0.15, 0.2) is 5.75 Å². The molecule has 6 nitrogen and oxygen atoms in total. The highest BCUT2D eigenvalue weighted by Crippen LogP contribution is 2.22. The third kappa shape index (κ3) is 2.87. The molecule has 4 N–H and O–H groups in total. The quantitative estimate of drug-likeness (QED) is 0.485. The molecule has 0 bridgehead atoms. The van der Waals surface area contributed by atoms with Gasteiger partial charge in [0.25, 0.3) is 0 Å². The standard InChI is InChI=1S/C7H9NO5S/c8-6-1-2-7(5(3-6)4-9)13-14(10,11)12/h1-3,9H,4,8H2,(H,10,11,12). The zero-order valence-corrected chi connectivity index (χ0v) is 7.86. The van der Waals surface area contributed by atoms with E-state index in [2.05, 4.69) is 4.18 Å². The van der Waals surface area contributed by atoms with Gasteiger partial charge in [0.05, 0.1) is 6.61 Å². The van der Waals surface area contributed by atoms with Gasteiger partial charge in [-0.25, -0.2) is 0 Å². The molecule has 1 rings (SSSR count). The van der Waals surface area contributed by atoms with E-state index in [0.717, 1.165) is 0 Å². The van der Waals surface area contributed by atoms with E-state index < -0.39 is 17.0 Å². The van der Waals surface area contributed by atoms with Crippen LogP contribution in [0.15, 0.2) is 18.2 Å². The van der Waals surface area contributed by atoms with E-state index >= 15 is 0 Å². The number of rotatable bonds is 3. The Morgan fingerprint density at radius 3 is 2.57 bits per heavy atom. The Balaban J connectivity index is 3.09. The summed E-state index contributed by atoms with van der Waals surface area (Å²) in [7, 11) is -4.57. The highest BCUT2D eigenvalue weighted by molar-refractivity contribution is 7.81. The first-order chi connectivity index (χ1) is 6.42. The number of benzene rings is 1. The summed E-state index contributed by atoms with van der Waals surface area (Å²) in [5.41, 5.74) is 5.93. The van der Waals surface area contributed by atoms with Gasteiger partial charge in [0, 0.05) is 11.3 Å². The van der Waals surface area contributed by atoms with Gasteiger partial charge in [-0.3, -0.25) is 4.55 Å². The Morgan fingerprint density at radius 1 is 1.43 bits per heavy atom. The predicted molar refractivity (Wildman–Crippen MR) is 49.0 cm³/mol. The van der Waals surface area contributed by atoms with E-state index in [9.17, 15) is 8.42 Å². The van der Waals surface area contributed by atoms with Crippen molar-refractivity contribution in [3.05, 3.63) is 23.8 Å². The number of hydrogen-bond acceptors (Lipinski definition) is 5. The van der Waals surface area contributed by atoms with E-state index in [0.29, 0.717) is 5.69 Å². The van der Waals surface area contributed by atoms with Crippen molar-refractivity contribution in [2.45, 2.75) is 6.61 Å². The van der Waals surface area contributed by atoms with Crippen molar-refractivity contribution in [1.29, 1.82) is 0 Å².